The van der Waals surface area contributed by atoms with Crippen LogP contribution in [0.15, 0.2) is 24.3 Å². The standard InChI is InChI=1S/C15H26N2/c1-4-6-7-13(5-2)12-17(3)15-10-8-14(16)9-11-15/h8-11,13H,4-7,12,16H2,1-3H3. The van der Waals surface area contributed by atoms with Gasteiger partial charge in [-0.3, -0.25) is 0 Å². The third-order valence-corrected chi connectivity index (χ3v) is 3.41. The van der Waals surface area contributed by atoms with Gasteiger partial charge in [-0.2, -0.15) is 0 Å². The summed E-state index contributed by atoms with van der Waals surface area (Å²) >= 11 is 0. The molecule has 2 heteroatoms. The zero-order valence-electron chi connectivity index (χ0n) is 11.4. The fourth-order valence-corrected chi connectivity index (χ4v) is 2.14. The number of nitrogens with two attached hydrogens (primary N) is 1. The lowest BCUT2D eigenvalue weighted by molar-refractivity contribution is 0.454. The maximum Gasteiger partial charge on any atom is 0.0365 e. The van der Waals surface area contributed by atoms with Crippen molar-refractivity contribution < 1.29 is 0 Å². The molecule has 0 fully saturated rings. The highest BCUT2D eigenvalue weighted by Crippen LogP contribution is 2.19. The van der Waals surface area contributed by atoms with Crippen molar-refractivity contribution in [2.24, 2.45) is 5.92 Å². The molecule has 2 nitrogen and oxygen atoms in total. The average Bonchev–Trinajstić information content (AvgIpc) is 2.35. The minimum absolute atomic E-state index is 0.803. The Morgan fingerprint density at radius 2 is 1.82 bits per heavy atom. The van der Waals surface area contributed by atoms with Gasteiger partial charge in [-0.15, -0.1) is 0 Å². The van der Waals surface area contributed by atoms with Crippen molar-refractivity contribution in [3.63, 3.8) is 0 Å². The van der Waals surface area contributed by atoms with Crippen LogP contribution in [-0.4, -0.2) is 13.6 Å². The molecule has 0 saturated heterocycles. The minimum Gasteiger partial charge on any atom is -0.399 e. The van der Waals surface area contributed by atoms with E-state index in [2.05, 4.69) is 37.9 Å². The Morgan fingerprint density at radius 3 is 2.35 bits per heavy atom. The van der Waals surface area contributed by atoms with Crippen LogP contribution in [0.4, 0.5) is 11.4 Å². The monoisotopic (exact) mass is 234 g/mol. The molecule has 0 aliphatic rings. The molecule has 1 atom stereocenters. The summed E-state index contributed by atoms with van der Waals surface area (Å²) in [5.74, 6) is 0.803. The Morgan fingerprint density at radius 1 is 1.18 bits per heavy atom. The number of anilines is 2. The molecule has 1 rings (SSSR count). The minimum atomic E-state index is 0.803. The van der Waals surface area contributed by atoms with Crippen LogP contribution in [0.1, 0.15) is 39.5 Å². The topological polar surface area (TPSA) is 29.3 Å². The molecule has 1 aromatic carbocycles. The van der Waals surface area contributed by atoms with Gasteiger partial charge in [0, 0.05) is 25.0 Å². The molecule has 0 amide bonds. The Bertz CT molecular complexity index is 305. The van der Waals surface area contributed by atoms with Crippen molar-refractivity contribution >= 4 is 11.4 Å². The second kappa shape index (κ2) is 7.21. The van der Waals surface area contributed by atoms with E-state index in [4.69, 9.17) is 5.73 Å². The van der Waals surface area contributed by atoms with Gasteiger partial charge in [0.05, 0.1) is 0 Å². The van der Waals surface area contributed by atoms with E-state index in [0.717, 1.165) is 18.2 Å². The van der Waals surface area contributed by atoms with Gasteiger partial charge in [-0.05, 0) is 36.6 Å². The summed E-state index contributed by atoms with van der Waals surface area (Å²) in [7, 11) is 2.17. The number of benzene rings is 1. The molecule has 0 heterocycles. The van der Waals surface area contributed by atoms with Gasteiger partial charge in [0.25, 0.3) is 0 Å². The summed E-state index contributed by atoms with van der Waals surface area (Å²) in [5.41, 5.74) is 7.79. The van der Waals surface area contributed by atoms with E-state index >= 15 is 0 Å². The number of hydrogen-bond donors (Lipinski definition) is 1. The van der Waals surface area contributed by atoms with E-state index in [-0.39, 0.29) is 0 Å². The van der Waals surface area contributed by atoms with Crippen molar-refractivity contribution in [3.05, 3.63) is 24.3 Å². The van der Waals surface area contributed by atoms with Crippen molar-refractivity contribution in [1.82, 2.24) is 0 Å². The lowest BCUT2D eigenvalue weighted by atomic mass is 9.98. The first-order chi connectivity index (χ1) is 8.17. The molecule has 2 N–H and O–H groups in total. The van der Waals surface area contributed by atoms with Crippen LogP contribution in [0.5, 0.6) is 0 Å². The molecular formula is C15H26N2. The third kappa shape index (κ3) is 4.68. The summed E-state index contributed by atoms with van der Waals surface area (Å²) in [6.45, 7) is 5.69. The van der Waals surface area contributed by atoms with Gasteiger partial charge in [0.15, 0.2) is 0 Å². The molecule has 0 aromatic heterocycles. The highest BCUT2D eigenvalue weighted by atomic mass is 15.1. The SMILES string of the molecule is CCCCC(CC)CN(C)c1ccc(N)cc1. The first kappa shape index (κ1) is 13.9. The maximum absolute atomic E-state index is 5.70. The predicted molar refractivity (Wildman–Crippen MR) is 77.4 cm³/mol. The Kier molecular flexibility index (Phi) is 5.88. The van der Waals surface area contributed by atoms with Crippen molar-refractivity contribution in [3.8, 4) is 0 Å². The molecule has 17 heavy (non-hydrogen) atoms. The molecule has 0 aliphatic carbocycles. The van der Waals surface area contributed by atoms with E-state index in [1.165, 1.54) is 31.4 Å². The first-order valence-electron chi connectivity index (χ1n) is 6.74. The number of rotatable bonds is 7. The van der Waals surface area contributed by atoms with Gasteiger partial charge >= 0.3 is 0 Å². The van der Waals surface area contributed by atoms with Crippen molar-refractivity contribution in [2.75, 3.05) is 24.2 Å². The molecular weight excluding hydrogens is 208 g/mol. The molecule has 0 saturated carbocycles. The van der Waals surface area contributed by atoms with Crippen LogP contribution in [0.3, 0.4) is 0 Å². The van der Waals surface area contributed by atoms with E-state index in [9.17, 15) is 0 Å². The fraction of sp³-hybridized carbons (Fsp3) is 0.600. The first-order valence-corrected chi connectivity index (χ1v) is 6.74. The Hall–Kier alpha value is -1.18. The maximum atomic E-state index is 5.70. The lowest BCUT2D eigenvalue weighted by Crippen LogP contribution is -2.25. The molecule has 1 unspecified atom stereocenters. The number of unbranched alkanes of at least 4 members (excludes halogenated alkanes) is 1. The van der Waals surface area contributed by atoms with Crippen LogP contribution in [0.2, 0.25) is 0 Å². The van der Waals surface area contributed by atoms with Gasteiger partial charge in [-0.25, -0.2) is 0 Å². The fourth-order valence-electron chi connectivity index (χ4n) is 2.14. The number of hydrogen-bond acceptors (Lipinski definition) is 2. The highest BCUT2D eigenvalue weighted by molar-refractivity contribution is 5.52. The van der Waals surface area contributed by atoms with Crippen LogP contribution in [-0.2, 0) is 0 Å². The second-order valence-electron chi connectivity index (χ2n) is 4.89. The third-order valence-electron chi connectivity index (χ3n) is 3.41. The van der Waals surface area contributed by atoms with Gasteiger partial charge in [0.1, 0.15) is 0 Å². The van der Waals surface area contributed by atoms with Gasteiger partial charge in [-0.1, -0.05) is 33.1 Å². The van der Waals surface area contributed by atoms with Crippen LogP contribution < -0.4 is 10.6 Å². The van der Waals surface area contributed by atoms with Gasteiger partial charge < -0.3 is 10.6 Å². The van der Waals surface area contributed by atoms with E-state index < -0.39 is 0 Å². The quantitative estimate of drug-likeness (QED) is 0.724. The van der Waals surface area contributed by atoms with Gasteiger partial charge in [0.2, 0.25) is 0 Å². The highest BCUT2D eigenvalue weighted by Gasteiger charge is 2.09. The van der Waals surface area contributed by atoms with Crippen LogP contribution in [0.25, 0.3) is 0 Å². The zero-order chi connectivity index (χ0) is 12.7. The Labute approximate surface area is 106 Å². The lowest BCUT2D eigenvalue weighted by Gasteiger charge is -2.25. The van der Waals surface area contributed by atoms with Crippen LogP contribution in [0, 0.1) is 5.92 Å². The molecule has 1 aromatic rings. The van der Waals surface area contributed by atoms with E-state index in [0.29, 0.717) is 0 Å². The molecule has 0 spiro atoms. The van der Waals surface area contributed by atoms with Crippen molar-refractivity contribution in [1.29, 1.82) is 0 Å². The molecule has 0 radical (unpaired) electrons. The predicted octanol–water partition coefficient (Wildman–Crippen LogP) is 3.92. The summed E-state index contributed by atoms with van der Waals surface area (Å²) in [4.78, 5) is 2.34. The molecule has 0 bridgehead atoms. The average molecular weight is 234 g/mol. The van der Waals surface area contributed by atoms with E-state index in [1.54, 1.807) is 0 Å². The summed E-state index contributed by atoms with van der Waals surface area (Å²) in [6, 6.07) is 8.14. The number of nitrogens with zero attached hydrogens (tertiary/aromatic N) is 1. The Balaban J connectivity index is 2.51. The molecule has 96 valence electrons. The normalized spacial score (nSPS) is 12.4. The second-order valence-corrected chi connectivity index (χ2v) is 4.89. The van der Waals surface area contributed by atoms with E-state index in [1.807, 2.05) is 12.1 Å². The summed E-state index contributed by atoms with van der Waals surface area (Å²) in [6.07, 6.45) is 5.24. The smallest absolute Gasteiger partial charge is 0.0365 e. The zero-order valence-corrected chi connectivity index (χ0v) is 11.4. The van der Waals surface area contributed by atoms with Crippen LogP contribution >= 0.6 is 0 Å². The molecule has 0 aliphatic heterocycles. The number of nitrogen functional groups attached to an aromatic ring is 1. The largest absolute Gasteiger partial charge is 0.399 e. The van der Waals surface area contributed by atoms with Crippen molar-refractivity contribution in [2.45, 2.75) is 39.5 Å². The summed E-state index contributed by atoms with van der Waals surface area (Å²) < 4.78 is 0. The summed E-state index contributed by atoms with van der Waals surface area (Å²) in [5, 5.41) is 0.